The van der Waals surface area contributed by atoms with Gasteiger partial charge in [-0.2, -0.15) is 0 Å². The highest BCUT2D eigenvalue weighted by Crippen LogP contribution is 2.38. The predicted octanol–water partition coefficient (Wildman–Crippen LogP) is 5.18. The van der Waals surface area contributed by atoms with Gasteiger partial charge in [0.15, 0.2) is 0 Å². The van der Waals surface area contributed by atoms with Crippen molar-refractivity contribution in [2.24, 2.45) is 0 Å². The molecule has 5 rings (SSSR count). The minimum absolute atomic E-state index is 0.378. The van der Waals surface area contributed by atoms with E-state index < -0.39 is 0 Å². The fourth-order valence-electron chi connectivity index (χ4n) is 5.69. The van der Waals surface area contributed by atoms with Crippen LogP contribution >= 0.6 is 0 Å². The van der Waals surface area contributed by atoms with Gasteiger partial charge < -0.3 is 4.74 Å². The molecule has 2 aliphatic heterocycles. The van der Waals surface area contributed by atoms with E-state index in [9.17, 15) is 0 Å². The van der Waals surface area contributed by atoms with Crippen molar-refractivity contribution in [3.8, 4) is 5.75 Å². The quantitative estimate of drug-likeness (QED) is 0.555. The van der Waals surface area contributed by atoms with Crippen molar-refractivity contribution in [3.63, 3.8) is 0 Å². The van der Waals surface area contributed by atoms with Gasteiger partial charge in [0.25, 0.3) is 0 Å². The SMILES string of the molecule is COc1ccccc1CN1C[C@@H]2CCCN2[C@H](C(c2ccccc2)c2ccccc2)C1. The van der Waals surface area contributed by atoms with Crippen LogP contribution < -0.4 is 4.74 Å². The summed E-state index contributed by atoms with van der Waals surface area (Å²) in [6.07, 6.45) is 2.61. The van der Waals surface area contributed by atoms with Gasteiger partial charge in [-0.3, -0.25) is 9.80 Å². The van der Waals surface area contributed by atoms with Crippen LogP contribution in [0.5, 0.6) is 5.75 Å². The maximum atomic E-state index is 5.65. The molecule has 31 heavy (non-hydrogen) atoms. The van der Waals surface area contributed by atoms with Crippen LogP contribution in [0.15, 0.2) is 84.9 Å². The number of ether oxygens (including phenoxy) is 1. The third kappa shape index (κ3) is 4.26. The first-order chi connectivity index (χ1) is 15.3. The molecule has 0 N–H and O–H groups in total. The molecule has 0 aromatic heterocycles. The molecule has 3 nitrogen and oxygen atoms in total. The van der Waals surface area contributed by atoms with Gasteiger partial charge >= 0.3 is 0 Å². The first-order valence-electron chi connectivity index (χ1n) is 11.5. The summed E-state index contributed by atoms with van der Waals surface area (Å²) < 4.78 is 5.65. The van der Waals surface area contributed by atoms with Crippen molar-refractivity contribution in [1.82, 2.24) is 9.80 Å². The first-order valence-corrected chi connectivity index (χ1v) is 11.5. The Kier molecular flexibility index (Phi) is 6.06. The third-order valence-corrected chi connectivity index (χ3v) is 7.05. The van der Waals surface area contributed by atoms with E-state index in [2.05, 4.69) is 94.7 Å². The minimum atomic E-state index is 0.378. The molecule has 2 aliphatic rings. The Balaban J connectivity index is 1.49. The Labute approximate surface area is 186 Å². The molecular weight excluding hydrogens is 380 g/mol. The molecular formula is C28H32N2O. The minimum Gasteiger partial charge on any atom is -0.496 e. The second-order valence-electron chi connectivity index (χ2n) is 8.91. The van der Waals surface area contributed by atoms with E-state index in [0.717, 1.165) is 25.4 Å². The lowest BCUT2D eigenvalue weighted by molar-refractivity contribution is 0.0380. The van der Waals surface area contributed by atoms with Gasteiger partial charge in [-0.25, -0.2) is 0 Å². The van der Waals surface area contributed by atoms with E-state index in [1.54, 1.807) is 7.11 Å². The number of para-hydroxylation sites is 1. The normalized spacial score (nSPS) is 21.9. The number of piperazine rings is 1. The summed E-state index contributed by atoms with van der Waals surface area (Å²) in [6, 6.07) is 31.8. The molecule has 2 atom stereocenters. The zero-order valence-electron chi connectivity index (χ0n) is 18.4. The van der Waals surface area contributed by atoms with Crippen molar-refractivity contribution >= 4 is 0 Å². The number of hydrogen-bond donors (Lipinski definition) is 0. The number of benzene rings is 3. The number of hydrogen-bond acceptors (Lipinski definition) is 3. The lowest BCUT2D eigenvalue weighted by Crippen LogP contribution is -2.57. The first kappa shape index (κ1) is 20.3. The molecule has 0 unspecified atom stereocenters. The van der Waals surface area contributed by atoms with Gasteiger partial charge in [0.1, 0.15) is 5.75 Å². The molecule has 0 saturated carbocycles. The lowest BCUT2D eigenvalue weighted by Gasteiger charge is -2.47. The van der Waals surface area contributed by atoms with Gasteiger partial charge in [-0.1, -0.05) is 78.9 Å². The van der Waals surface area contributed by atoms with E-state index in [4.69, 9.17) is 4.74 Å². The van der Waals surface area contributed by atoms with Gasteiger partial charge in [0, 0.05) is 43.2 Å². The Morgan fingerprint density at radius 3 is 2.16 bits per heavy atom. The van der Waals surface area contributed by atoms with E-state index >= 15 is 0 Å². The zero-order chi connectivity index (χ0) is 21.0. The summed E-state index contributed by atoms with van der Waals surface area (Å²) in [4.78, 5) is 5.47. The maximum absolute atomic E-state index is 5.65. The summed E-state index contributed by atoms with van der Waals surface area (Å²) in [7, 11) is 1.78. The standard InChI is InChI=1S/C28H32N2O/c1-31-27-17-9-8-15-24(27)19-29-20-25-16-10-18-30(25)26(21-29)28(22-11-4-2-5-12-22)23-13-6-3-7-14-23/h2-9,11-15,17,25-26,28H,10,16,18-21H2,1H3/t25-,26-/m0/s1. The summed E-state index contributed by atoms with van der Waals surface area (Å²) in [5.41, 5.74) is 4.12. The summed E-state index contributed by atoms with van der Waals surface area (Å²) in [5.74, 6) is 1.37. The van der Waals surface area contributed by atoms with Gasteiger partial charge in [0.2, 0.25) is 0 Å². The molecule has 0 amide bonds. The molecule has 3 heteroatoms. The summed E-state index contributed by atoms with van der Waals surface area (Å²) >= 11 is 0. The van der Waals surface area contributed by atoms with Crippen LogP contribution in [0.25, 0.3) is 0 Å². The van der Waals surface area contributed by atoms with Crippen molar-refractivity contribution in [1.29, 1.82) is 0 Å². The van der Waals surface area contributed by atoms with Crippen LogP contribution in [0.3, 0.4) is 0 Å². The maximum Gasteiger partial charge on any atom is 0.123 e. The Morgan fingerprint density at radius 1 is 0.839 bits per heavy atom. The molecule has 0 radical (unpaired) electrons. The highest BCUT2D eigenvalue weighted by molar-refractivity contribution is 5.36. The number of methoxy groups -OCH3 is 1. The van der Waals surface area contributed by atoms with Gasteiger partial charge in [0.05, 0.1) is 7.11 Å². The number of fused-ring (bicyclic) bond motifs is 1. The Hall–Kier alpha value is -2.62. The summed E-state index contributed by atoms with van der Waals surface area (Å²) in [6.45, 7) is 4.38. The predicted molar refractivity (Wildman–Crippen MR) is 127 cm³/mol. The van der Waals surface area contributed by atoms with Crippen LogP contribution in [0, 0.1) is 0 Å². The molecule has 3 aromatic carbocycles. The van der Waals surface area contributed by atoms with Crippen LogP contribution in [0.2, 0.25) is 0 Å². The second-order valence-corrected chi connectivity index (χ2v) is 8.91. The molecule has 0 aliphatic carbocycles. The van der Waals surface area contributed by atoms with E-state index in [1.165, 1.54) is 36.1 Å². The molecule has 2 heterocycles. The average Bonchev–Trinajstić information content (AvgIpc) is 3.30. The second kappa shape index (κ2) is 9.25. The monoisotopic (exact) mass is 412 g/mol. The number of rotatable bonds is 6. The smallest absolute Gasteiger partial charge is 0.123 e. The van der Waals surface area contributed by atoms with Crippen LogP contribution in [-0.4, -0.2) is 48.6 Å². The lowest BCUT2D eigenvalue weighted by atomic mass is 9.82. The molecule has 0 bridgehead atoms. The molecule has 2 saturated heterocycles. The van der Waals surface area contributed by atoms with Crippen molar-refractivity contribution in [2.45, 2.75) is 37.4 Å². The Morgan fingerprint density at radius 2 is 1.48 bits per heavy atom. The highest BCUT2D eigenvalue weighted by atomic mass is 16.5. The molecule has 0 spiro atoms. The van der Waals surface area contributed by atoms with Crippen LogP contribution in [0.4, 0.5) is 0 Å². The fourth-order valence-corrected chi connectivity index (χ4v) is 5.69. The van der Waals surface area contributed by atoms with Gasteiger partial charge in [-0.05, 0) is 36.6 Å². The van der Waals surface area contributed by atoms with E-state index in [0.29, 0.717) is 18.0 Å². The number of nitrogens with zero attached hydrogens (tertiary/aromatic N) is 2. The van der Waals surface area contributed by atoms with Crippen molar-refractivity contribution < 1.29 is 4.74 Å². The molecule has 160 valence electrons. The third-order valence-electron chi connectivity index (χ3n) is 7.05. The molecule has 2 fully saturated rings. The average molecular weight is 413 g/mol. The fraction of sp³-hybridized carbons (Fsp3) is 0.357. The summed E-state index contributed by atoms with van der Waals surface area (Å²) in [5, 5.41) is 0. The molecule has 3 aromatic rings. The zero-order valence-corrected chi connectivity index (χ0v) is 18.4. The van der Waals surface area contributed by atoms with Gasteiger partial charge in [-0.15, -0.1) is 0 Å². The highest BCUT2D eigenvalue weighted by Gasteiger charge is 2.41. The van der Waals surface area contributed by atoms with Crippen LogP contribution in [0.1, 0.15) is 35.4 Å². The Bertz CT molecular complexity index is 935. The van der Waals surface area contributed by atoms with Crippen molar-refractivity contribution in [2.75, 3.05) is 26.7 Å². The van der Waals surface area contributed by atoms with Crippen LogP contribution in [-0.2, 0) is 6.54 Å². The van der Waals surface area contributed by atoms with E-state index in [1.807, 2.05) is 0 Å². The van der Waals surface area contributed by atoms with E-state index in [-0.39, 0.29) is 0 Å². The topological polar surface area (TPSA) is 15.7 Å². The van der Waals surface area contributed by atoms with Crippen molar-refractivity contribution in [3.05, 3.63) is 102 Å². The largest absolute Gasteiger partial charge is 0.496 e.